The second-order valence-corrected chi connectivity index (χ2v) is 7.01. The molecule has 0 fully saturated rings. The van der Waals surface area contributed by atoms with Crippen molar-refractivity contribution < 1.29 is 18.9 Å². The highest BCUT2D eigenvalue weighted by Gasteiger charge is 2.17. The Morgan fingerprint density at radius 3 is 2.83 bits per heavy atom. The zero-order valence-corrected chi connectivity index (χ0v) is 16.3. The number of nitrogens with one attached hydrogen (secondary N) is 1. The van der Waals surface area contributed by atoms with Crippen LogP contribution in [0.5, 0.6) is 5.75 Å². The average molecular weight is 423 g/mol. The number of carbonyl (C=O) groups is 1. The predicted molar refractivity (Wildman–Crippen MR) is 111 cm³/mol. The van der Waals surface area contributed by atoms with E-state index >= 15 is 0 Å². The predicted octanol–water partition coefficient (Wildman–Crippen LogP) is 4.09. The number of thiazole rings is 1. The third-order valence-electron chi connectivity index (χ3n) is 4.26. The van der Waals surface area contributed by atoms with Crippen LogP contribution < -0.4 is 15.7 Å². The van der Waals surface area contributed by atoms with Crippen LogP contribution in [0.25, 0.3) is 22.2 Å². The number of hydrogen-bond donors (Lipinski definition) is 1. The lowest BCUT2D eigenvalue weighted by Crippen LogP contribution is -2.20. The zero-order chi connectivity index (χ0) is 21.3. The van der Waals surface area contributed by atoms with E-state index in [0.29, 0.717) is 28.0 Å². The van der Waals surface area contributed by atoms with Crippen molar-refractivity contribution in [3.63, 3.8) is 0 Å². The molecule has 0 radical (unpaired) electrons. The maximum atomic E-state index is 12.6. The molecule has 1 N–H and O–H groups in total. The molecule has 0 aliphatic carbocycles. The fourth-order valence-electron chi connectivity index (χ4n) is 2.79. The van der Waals surface area contributed by atoms with E-state index < -0.39 is 16.5 Å². The van der Waals surface area contributed by atoms with Crippen LogP contribution in [0.15, 0.2) is 63.1 Å². The van der Waals surface area contributed by atoms with Crippen molar-refractivity contribution in [3.05, 3.63) is 80.0 Å². The van der Waals surface area contributed by atoms with Crippen LogP contribution in [-0.2, 0) is 0 Å². The maximum absolute atomic E-state index is 12.6. The Hall–Kier alpha value is -4.05. The first-order valence-electron chi connectivity index (χ1n) is 8.58. The van der Waals surface area contributed by atoms with Crippen LogP contribution in [0.4, 0.5) is 10.8 Å². The first kappa shape index (κ1) is 19.3. The van der Waals surface area contributed by atoms with E-state index in [1.807, 2.05) is 0 Å². The molecule has 150 valence electrons. The van der Waals surface area contributed by atoms with E-state index in [-0.39, 0.29) is 16.4 Å². The lowest BCUT2D eigenvalue weighted by molar-refractivity contribution is -0.384. The van der Waals surface area contributed by atoms with Gasteiger partial charge in [-0.1, -0.05) is 12.1 Å². The summed E-state index contributed by atoms with van der Waals surface area (Å²) >= 11 is 1.13. The van der Waals surface area contributed by atoms with Gasteiger partial charge in [-0.05, 0) is 24.3 Å². The minimum atomic E-state index is -0.777. The number of carbonyl (C=O) groups excluding carboxylic acids is 1. The number of nitro benzene ring substituents is 1. The van der Waals surface area contributed by atoms with E-state index in [4.69, 9.17) is 9.15 Å². The van der Waals surface area contributed by atoms with E-state index in [0.717, 1.165) is 11.3 Å². The molecule has 0 bridgehead atoms. The third-order valence-corrected chi connectivity index (χ3v) is 5.02. The molecule has 10 heteroatoms. The topological polar surface area (TPSA) is 125 Å². The van der Waals surface area contributed by atoms with Crippen molar-refractivity contribution >= 4 is 39.0 Å². The molecule has 0 spiro atoms. The van der Waals surface area contributed by atoms with Crippen molar-refractivity contribution in [3.8, 4) is 17.0 Å². The first-order valence-corrected chi connectivity index (χ1v) is 9.46. The molecule has 1 amide bonds. The van der Waals surface area contributed by atoms with Crippen LogP contribution in [-0.4, -0.2) is 22.9 Å². The molecular weight excluding hydrogens is 410 g/mol. The van der Waals surface area contributed by atoms with E-state index in [2.05, 4.69) is 10.3 Å². The largest absolute Gasteiger partial charge is 0.497 e. The molecule has 0 aliphatic rings. The highest BCUT2D eigenvalue weighted by atomic mass is 32.1. The molecule has 4 rings (SSSR count). The Balaban J connectivity index is 1.60. The summed E-state index contributed by atoms with van der Waals surface area (Å²) < 4.78 is 10.4. The Kier molecular flexibility index (Phi) is 4.98. The number of ether oxygens (including phenoxy) is 1. The molecule has 2 heterocycles. The van der Waals surface area contributed by atoms with E-state index in [1.165, 1.54) is 25.3 Å². The van der Waals surface area contributed by atoms with Gasteiger partial charge in [-0.25, -0.2) is 9.78 Å². The van der Waals surface area contributed by atoms with E-state index in [1.54, 1.807) is 35.7 Å². The minimum absolute atomic E-state index is 0.0599. The summed E-state index contributed by atoms with van der Waals surface area (Å²) in [4.78, 5) is 39.5. The SMILES string of the molecule is COc1ccc2oc(=O)c(C(=O)Nc3nc(-c4cccc([N+](=O)[O-])c4)cs3)cc2c1. The van der Waals surface area contributed by atoms with Gasteiger partial charge in [0, 0.05) is 28.5 Å². The molecule has 4 aromatic rings. The van der Waals surface area contributed by atoms with Gasteiger partial charge in [-0.15, -0.1) is 11.3 Å². The molecule has 9 nitrogen and oxygen atoms in total. The lowest BCUT2D eigenvalue weighted by atomic mass is 10.1. The highest BCUT2D eigenvalue weighted by Crippen LogP contribution is 2.28. The van der Waals surface area contributed by atoms with Crippen LogP contribution >= 0.6 is 11.3 Å². The summed E-state index contributed by atoms with van der Waals surface area (Å²) in [7, 11) is 1.51. The van der Waals surface area contributed by atoms with Crippen LogP contribution in [0.3, 0.4) is 0 Å². The number of fused-ring (bicyclic) bond motifs is 1. The quantitative estimate of drug-likeness (QED) is 0.291. The number of nitrogens with zero attached hydrogens (tertiary/aromatic N) is 2. The fraction of sp³-hybridized carbons (Fsp3) is 0.0500. The third kappa shape index (κ3) is 3.76. The van der Waals surface area contributed by atoms with Crippen LogP contribution in [0, 0.1) is 10.1 Å². The summed E-state index contributed by atoms with van der Waals surface area (Å²) in [6.45, 7) is 0. The Morgan fingerprint density at radius 1 is 1.23 bits per heavy atom. The number of anilines is 1. The molecule has 0 saturated heterocycles. The maximum Gasteiger partial charge on any atom is 0.349 e. The molecule has 2 aromatic carbocycles. The second kappa shape index (κ2) is 7.76. The number of amides is 1. The molecule has 0 aliphatic heterocycles. The van der Waals surface area contributed by atoms with Gasteiger partial charge < -0.3 is 9.15 Å². The van der Waals surface area contributed by atoms with Crippen molar-refractivity contribution in [2.24, 2.45) is 0 Å². The Bertz CT molecular complexity index is 1340. The fourth-order valence-corrected chi connectivity index (χ4v) is 3.51. The number of non-ortho nitro benzene ring substituents is 1. The van der Waals surface area contributed by atoms with Crippen LogP contribution in [0.1, 0.15) is 10.4 Å². The first-order chi connectivity index (χ1) is 14.4. The molecule has 2 aromatic heterocycles. The number of hydrogen-bond acceptors (Lipinski definition) is 8. The molecule has 0 saturated carbocycles. The van der Waals surface area contributed by atoms with Crippen LogP contribution in [0.2, 0.25) is 0 Å². The van der Waals surface area contributed by atoms with Gasteiger partial charge in [0.1, 0.15) is 16.9 Å². The monoisotopic (exact) mass is 423 g/mol. The van der Waals surface area contributed by atoms with Crippen molar-refractivity contribution in [1.82, 2.24) is 4.98 Å². The van der Waals surface area contributed by atoms with Gasteiger partial charge in [-0.3, -0.25) is 20.2 Å². The van der Waals surface area contributed by atoms with Gasteiger partial charge in [-0.2, -0.15) is 0 Å². The number of benzene rings is 2. The molecule has 30 heavy (non-hydrogen) atoms. The van der Waals surface area contributed by atoms with Gasteiger partial charge in [0.2, 0.25) is 0 Å². The van der Waals surface area contributed by atoms with Gasteiger partial charge in [0.05, 0.1) is 17.7 Å². The standard InChI is InChI=1S/C20H13N3O6S/c1-28-14-5-6-17-12(8-14)9-15(19(25)29-17)18(24)22-20-21-16(10-30-20)11-3-2-4-13(7-11)23(26)27/h2-10H,1H3,(H,21,22,24). The summed E-state index contributed by atoms with van der Waals surface area (Å²) in [6, 6.07) is 12.3. The summed E-state index contributed by atoms with van der Waals surface area (Å²) in [5, 5.41) is 15.9. The number of rotatable bonds is 5. The van der Waals surface area contributed by atoms with Crippen molar-refractivity contribution in [1.29, 1.82) is 0 Å². The van der Waals surface area contributed by atoms with Gasteiger partial charge in [0.15, 0.2) is 5.13 Å². The van der Waals surface area contributed by atoms with E-state index in [9.17, 15) is 19.7 Å². The number of aromatic nitrogens is 1. The van der Waals surface area contributed by atoms with Crippen molar-refractivity contribution in [2.75, 3.05) is 12.4 Å². The Morgan fingerprint density at radius 2 is 2.07 bits per heavy atom. The summed E-state index contributed by atoms with van der Waals surface area (Å²) in [5.74, 6) is -0.113. The second-order valence-electron chi connectivity index (χ2n) is 6.15. The lowest BCUT2D eigenvalue weighted by Gasteiger charge is -2.04. The summed E-state index contributed by atoms with van der Waals surface area (Å²) in [5.41, 5.74) is 0.325. The molecule has 0 atom stereocenters. The normalized spacial score (nSPS) is 10.7. The Labute approximate surface area is 172 Å². The number of methoxy groups -OCH3 is 1. The smallest absolute Gasteiger partial charge is 0.349 e. The zero-order valence-electron chi connectivity index (χ0n) is 15.4. The van der Waals surface area contributed by atoms with Gasteiger partial charge >= 0.3 is 5.63 Å². The minimum Gasteiger partial charge on any atom is -0.497 e. The van der Waals surface area contributed by atoms with Gasteiger partial charge in [0.25, 0.3) is 11.6 Å². The molecular formula is C20H13N3O6S. The average Bonchev–Trinajstić information content (AvgIpc) is 3.21. The number of nitro groups is 1. The molecule has 0 unspecified atom stereocenters. The highest BCUT2D eigenvalue weighted by molar-refractivity contribution is 7.14. The summed E-state index contributed by atoms with van der Waals surface area (Å²) in [6.07, 6.45) is 0. The van der Waals surface area contributed by atoms with Crippen molar-refractivity contribution in [2.45, 2.75) is 0 Å².